The Balaban J connectivity index is 1.93. The first-order chi connectivity index (χ1) is 12.7. The molecule has 0 aromatic heterocycles. The summed E-state index contributed by atoms with van der Waals surface area (Å²) in [7, 11) is 0. The van der Waals surface area contributed by atoms with Gasteiger partial charge in [0, 0.05) is 19.0 Å². The van der Waals surface area contributed by atoms with Crippen molar-refractivity contribution in [3.63, 3.8) is 0 Å². The maximum atomic E-state index is 13.9. The van der Waals surface area contributed by atoms with Gasteiger partial charge in [-0.1, -0.05) is 12.1 Å². The zero-order chi connectivity index (χ0) is 20.1. The molecule has 27 heavy (non-hydrogen) atoms. The van der Waals surface area contributed by atoms with Crippen LogP contribution in [0.3, 0.4) is 0 Å². The van der Waals surface area contributed by atoms with Crippen LogP contribution in [0, 0.1) is 11.7 Å². The van der Waals surface area contributed by atoms with Crippen LogP contribution in [0.2, 0.25) is 0 Å². The van der Waals surface area contributed by atoms with Crippen LogP contribution in [0.4, 0.5) is 14.9 Å². The molecule has 2 atom stereocenters. The first-order valence-corrected chi connectivity index (χ1v) is 8.55. The van der Waals surface area contributed by atoms with Gasteiger partial charge in [-0.25, -0.2) is 9.18 Å². The van der Waals surface area contributed by atoms with E-state index in [1.807, 2.05) is 0 Å². The molecular weight excluding hydrogens is 357 g/mol. The smallest absolute Gasteiger partial charge is 0.321 e. The Morgan fingerprint density at radius 3 is 2.52 bits per heavy atom. The van der Waals surface area contributed by atoms with Crippen LogP contribution in [0.15, 0.2) is 24.3 Å². The van der Waals surface area contributed by atoms with Crippen LogP contribution in [0.25, 0.3) is 0 Å². The van der Waals surface area contributed by atoms with Crippen LogP contribution in [-0.4, -0.2) is 42.5 Å². The van der Waals surface area contributed by atoms with E-state index in [-0.39, 0.29) is 24.7 Å². The van der Waals surface area contributed by atoms with Gasteiger partial charge >= 0.3 is 12.0 Å². The molecular formula is C18H22FN3O5. The number of nitrogens with zero attached hydrogens (tertiary/aromatic N) is 1. The molecule has 8 nitrogen and oxygen atoms in total. The molecule has 1 aromatic carbocycles. The highest BCUT2D eigenvalue weighted by atomic mass is 19.1. The van der Waals surface area contributed by atoms with Gasteiger partial charge in [0.2, 0.25) is 5.91 Å². The van der Waals surface area contributed by atoms with Gasteiger partial charge in [0.25, 0.3) is 5.91 Å². The first-order valence-electron chi connectivity index (χ1n) is 8.55. The highest BCUT2D eigenvalue weighted by Crippen LogP contribution is 2.28. The van der Waals surface area contributed by atoms with Crippen molar-refractivity contribution >= 4 is 29.5 Å². The lowest BCUT2D eigenvalue weighted by atomic mass is 10.1. The highest BCUT2D eigenvalue weighted by Gasteiger charge is 2.38. The molecule has 0 aliphatic carbocycles. The fraction of sp³-hybridized carbons (Fsp3) is 0.444. The second-order valence-electron chi connectivity index (χ2n) is 6.55. The van der Waals surface area contributed by atoms with Crippen LogP contribution in [0.1, 0.15) is 27.2 Å². The van der Waals surface area contributed by atoms with Crippen molar-refractivity contribution in [1.82, 2.24) is 10.6 Å². The standard InChI is InChI=1S/C18H22FN3O5/c1-10(2)20-18(26)21-16(24)11(3)27-17(25)12-8-15(23)22(9-12)14-7-5-4-6-13(14)19/h4-7,10-12H,8-9H2,1-3H3,(H2,20,21,24,26)/t11-,12+/m0/s1. The van der Waals surface area contributed by atoms with E-state index in [1.54, 1.807) is 19.9 Å². The topological polar surface area (TPSA) is 105 Å². The number of amides is 4. The minimum Gasteiger partial charge on any atom is -0.452 e. The summed E-state index contributed by atoms with van der Waals surface area (Å²) in [5, 5.41) is 4.54. The summed E-state index contributed by atoms with van der Waals surface area (Å²) < 4.78 is 18.9. The summed E-state index contributed by atoms with van der Waals surface area (Å²) in [4.78, 5) is 49.0. The maximum absolute atomic E-state index is 13.9. The van der Waals surface area contributed by atoms with Gasteiger partial charge < -0.3 is 15.0 Å². The number of para-hydroxylation sites is 1. The van der Waals surface area contributed by atoms with Crippen LogP contribution in [0.5, 0.6) is 0 Å². The Hall–Kier alpha value is -2.97. The third kappa shape index (κ3) is 5.25. The fourth-order valence-corrected chi connectivity index (χ4v) is 2.60. The van der Waals surface area contributed by atoms with E-state index in [1.165, 1.54) is 30.0 Å². The molecule has 0 spiro atoms. The van der Waals surface area contributed by atoms with E-state index in [9.17, 15) is 23.6 Å². The number of nitrogens with one attached hydrogen (secondary N) is 2. The van der Waals surface area contributed by atoms with Gasteiger partial charge in [0.05, 0.1) is 11.6 Å². The molecule has 4 amide bonds. The number of esters is 1. The minimum atomic E-state index is -1.21. The van der Waals surface area contributed by atoms with E-state index in [0.29, 0.717) is 0 Å². The Morgan fingerprint density at radius 1 is 1.22 bits per heavy atom. The van der Waals surface area contributed by atoms with Gasteiger partial charge in [0.1, 0.15) is 5.82 Å². The Bertz CT molecular complexity index is 752. The molecule has 0 radical (unpaired) electrons. The molecule has 1 saturated heterocycles. The largest absolute Gasteiger partial charge is 0.452 e. The lowest BCUT2D eigenvalue weighted by Gasteiger charge is -2.18. The molecule has 1 aromatic rings. The summed E-state index contributed by atoms with van der Waals surface area (Å²) in [6.07, 6.45) is -1.36. The van der Waals surface area contributed by atoms with Crippen molar-refractivity contribution in [1.29, 1.82) is 0 Å². The number of urea groups is 1. The third-order valence-corrected chi connectivity index (χ3v) is 3.92. The number of carbonyl (C=O) groups is 4. The van der Waals surface area contributed by atoms with Crippen LogP contribution < -0.4 is 15.5 Å². The minimum absolute atomic E-state index is 0.0409. The highest BCUT2D eigenvalue weighted by molar-refractivity contribution is 6.00. The van der Waals surface area contributed by atoms with E-state index < -0.39 is 41.7 Å². The van der Waals surface area contributed by atoms with Crippen molar-refractivity contribution in [2.45, 2.75) is 39.3 Å². The van der Waals surface area contributed by atoms with Gasteiger partial charge in [0.15, 0.2) is 6.10 Å². The fourth-order valence-electron chi connectivity index (χ4n) is 2.60. The number of ether oxygens (including phenoxy) is 1. The lowest BCUT2D eigenvalue weighted by molar-refractivity contribution is -0.158. The molecule has 0 saturated carbocycles. The quantitative estimate of drug-likeness (QED) is 0.752. The molecule has 0 unspecified atom stereocenters. The summed E-state index contributed by atoms with van der Waals surface area (Å²) in [5.41, 5.74) is 0.0916. The molecule has 146 valence electrons. The molecule has 1 aliphatic heterocycles. The molecule has 1 fully saturated rings. The van der Waals surface area contributed by atoms with Gasteiger partial charge in [-0.3, -0.25) is 19.7 Å². The van der Waals surface area contributed by atoms with Crippen molar-refractivity contribution in [3.8, 4) is 0 Å². The number of rotatable bonds is 5. The lowest BCUT2D eigenvalue weighted by Crippen LogP contribution is -2.47. The predicted octanol–water partition coefficient (Wildman–Crippen LogP) is 1.34. The molecule has 9 heteroatoms. The predicted molar refractivity (Wildman–Crippen MR) is 94.2 cm³/mol. The number of anilines is 1. The van der Waals surface area contributed by atoms with Crippen LogP contribution >= 0.6 is 0 Å². The monoisotopic (exact) mass is 379 g/mol. The van der Waals surface area contributed by atoms with E-state index in [4.69, 9.17) is 4.74 Å². The summed E-state index contributed by atoms with van der Waals surface area (Å²) in [6, 6.07) is 4.91. The summed E-state index contributed by atoms with van der Waals surface area (Å²) in [5.74, 6) is -3.33. The first kappa shape index (κ1) is 20.3. The number of imide groups is 1. The molecule has 1 heterocycles. The average Bonchev–Trinajstić information content (AvgIpc) is 2.96. The van der Waals surface area contributed by atoms with Crippen LogP contribution in [-0.2, 0) is 19.1 Å². The van der Waals surface area contributed by atoms with Crippen molar-refractivity contribution in [2.75, 3.05) is 11.4 Å². The van der Waals surface area contributed by atoms with E-state index in [2.05, 4.69) is 10.6 Å². The Labute approximate surface area is 156 Å². The number of hydrogen-bond acceptors (Lipinski definition) is 5. The van der Waals surface area contributed by atoms with E-state index in [0.717, 1.165) is 0 Å². The number of halogens is 1. The summed E-state index contributed by atoms with van der Waals surface area (Å²) in [6.45, 7) is 4.74. The SMILES string of the molecule is CC(C)NC(=O)NC(=O)[C@H](C)OC(=O)[C@@H]1CC(=O)N(c2ccccc2F)C1. The van der Waals surface area contributed by atoms with E-state index >= 15 is 0 Å². The second kappa shape index (κ2) is 8.61. The van der Waals surface area contributed by atoms with Gasteiger partial charge in [-0.15, -0.1) is 0 Å². The van der Waals surface area contributed by atoms with Crippen molar-refractivity contribution < 1.29 is 28.3 Å². The number of carbonyl (C=O) groups excluding carboxylic acids is 4. The molecule has 2 N–H and O–H groups in total. The zero-order valence-electron chi connectivity index (χ0n) is 15.3. The normalized spacial score (nSPS) is 17.6. The molecule has 0 bridgehead atoms. The zero-order valence-corrected chi connectivity index (χ0v) is 15.3. The Morgan fingerprint density at radius 2 is 1.89 bits per heavy atom. The average molecular weight is 379 g/mol. The number of benzene rings is 1. The second-order valence-corrected chi connectivity index (χ2v) is 6.55. The molecule has 2 rings (SSSR count). The Kier molecular flexibility index (Phi) is 6.49. The molecule has 1 aliphatic rings. The van der Waals surface area contributed by atoms with Gasteiger partial charge in [-0.05, 0) is 32.9 Å². The van der Waals surface area contributed by atoms with Crippen molar-refractivity contribution in [2.24, 2.45) is 5.92 Å². The van der Waals surface area contributed by atoms with Gasteiger partial charge in [-0.2, -0.15) is 0 Å². The summed E-state index contributed by atoms with van der Waals surface area (Å²) >= 11 is 0. The number of hydrogen-bond donors (Lipinski definition) is 2. The third-order valence-electron chi connectivity index (χ3n) is 3.92. The van der Waals surface area contributed by atoms with Crippen molar-refractivity contribution in [3.05, 3.63) is 30.1 Å². The maximum Gasteiger partial charge on any atom is 0.321 e.